The van der Waals surface area contributed by atoms with Crippen LogP contribution in [-0.2, 0) is 0 Å². The Hall–Kier alpha value is -0.410. The van der Waals surface area contributed by atoms with Gasteiger partial charge in [0.25, 0.3) is 0 Å². The van der Waals surface area contributed by atoms with E-state index in [1.165, 1.54) is 0 Å². The van der Waals surface area contributed by atoms with Crippen LogP contribution in [0.5, 0.6) is 0 Å². The van der Waals surface area contributed by atoms with Gasteiger partial charge < -0.3 is 15.4 Å². The molecule has 0 bridgehead atoms. The lowest BCUT2D eigenvalue weighted by molar-refractivity contribution is 0.271. The van der Waals surface area contributed by atoms with E-state index in [0.29, 0.717) is 18.2 Å². The van der Waals surface area contributed by atoms with E-state index >= 15 is 0 Å². The van der Waals surface area contributed by atoms with Crippen molar-refractivity contribution in [3.05, 3.63) is 6.92 Å². The summed E-state index contributed by atoms with van der Waals surface area (Å²) in [4.78, 5) is 2.01. The summed E-state index contributed by atoms with van der Waals surface area (Å²) < 4.78 is 0. The fourth-order valence-electron chi connectivity index (χ4n) is 0.637. The highest BCUT2D eigenvalue weighted by molar-refractivity contribution is 5.86. The van der Waals surface area contributed by atoms with Crippen LogP contribution in [-0.4, -0.2) is 42.0 Å². The van der Waals surface area contributed by atoms with Crippen LogP contribution in [0.1, 0.15) is 13.3 Å². The summed E-state index contributed by atoms with van der Waals surface area (Å²) in [5.74, 6) is 0. The minimum atomic E-state index is -0.850. The fraction of sp³-hybridized carbons (Fsp3) is 0.750. The predicted octanol–water partition coefficient (Wildman–Crippen LogP) is 0.541. The summed E-state index contributed by atoms with van der Waals surface area (Å²) in [7, 11) is 3.90. The molecular formula is C8H17N2O. The fourth-order valence-corrected chi connectivity index (χ4v) is 0.637. The summed E-state index contributed by atoms with van der Waals surface area (Å²) in [5.41, 5.74) is 0.297. The van der Waals surface area contributed by atoms with Crippen molar-refractivity contribution < 1.29 is 5.11 Å². The average Bonchev–Trinajstić information content (AvgIpc) is 1.87. The van der Waals surface area contributed by atoms with Crippen LogP contribution >= 0.6 is 0 Å². The first kappa shape index (κ1) is 10.6. The summed E-state index contributed by atoms with van der Waals surface area (Å²) in [6.07, 6.45) is -0.269. The van der Waals surface area contributed by atoms with Gasteiger partial charge in [-0.3, -0.25) is 0 Å². The summed E-state index contributed by atoms with van der Waals surface area (Å²) in [5, 5.41) is 16.2. The molecule has 0 aliphatic carbocycles. The molecule has 3 heteroatoms. The summed E-state index contributed by atoms with van der Waals surface area (Å²) >= 11 is 0. The molecule has 0 aliphatic heterocycles. The Morgan fingerprint density at radius 1 is 1.64 bits per heavy atom. The average molecular weight is 157 g/mol. The van der Waals surface area contributed by atoms with Gasteiger partial charge in [0.15, 0.2) is 0 Å². The molecule has 1 radical (unpaired) electrons. The first-order chi connectivity index (χ1) is 4.95. The molecule has 0 saturated heterocycles. The lowest BCUT2D eigenvalue weighted by Gasteiger charge is -2.20. The maximum atomic E-state index is 8.90. The van der Waals surface area contributed by atoms with E-state index in [1.54, 1.807) is 0 Å². The third-order valence-electron chi connectivity index (χ3n) is 1.80. The van der Waals surface area contributed by atoms with Crippen molar-refractivity contribution in [3.8, 4) is 0 Å². The zero-order valence-corrected chi connectivity index (χ0v) is 7.46. The van der Waals surface area contributed by atoms with E-state index in [-0.39, 0.29) is 0 Å². The molecule has 2 atom stereocenters. The van der Waals surface area contributed by atoms with Crippen molar-refractivity contribution in [2.75, 3.05) is 14.1 Å². The molecule has 0 aromatic rings. The Kier molecular flexibility index (Phi) is 4.30. The zero-order chi connectivity index (χ0) is 9.02. The van der Waals surface area contributed by atoms with Gasteiger partial charge in [-0.25, -0.2) is 0 Å². The number of hydrogen-bond donors (Lipinski definition) is 2. The molecule has 0 saturated carbocycles. The molecule has 11 heavy (non-hydrogen) atoms. The summed E-state index contributed by atoms with van der Waals surface area (Å²) in [6.45, 7) is 5.37. The lowest BCUT2D eigenvalue weighted by atomic mass is 10.1. The topological polar surface area (TPSA) is 47.3 Å². The molecule has 0 rings (SSSR count). The second-order valence-electron chi connectivity index (χ2n) is 3.06. The monoisotopic (exact) mass is 157 g/mol. The second-order valence-corrected chi connectivity index (χ2v) is 3.06. The van der Waals surface area contributed by atoms with Gasteiger partial charge in [-0.15, -0.1) is 0 Å². The van der Waals surface area contributed by atoms with Gasteiger partial charge in [0, 0.05) is 18.2 Å². The van der Waals surface area contributed by atoms with Crippen LogP contribution in [0.2, 0.25) is 0 Å². The van der Waals surface area contributed by atoms with E-state index < -0.39 is 6.10 Å². The Labute approximate surface area is 68.5 Å². The molecular weight excluding hydrogens is 140 g/mol. The molecule has 2 N–H and O–H groups in total. The quantitative estimate of drug-likeness (QED) is 0.585. The lowest BCUT2D eigenvalue weighted by Crippen LogP contribution is -2.30. The minimum Gasteiger partial charge on any atom is -0.387 e. The molecule has 0 spiro atoms. The van der Waals surface area contributed by atoms with Gasteiger partial charge in [0.2, 0.25) is 0 Å². The number of aliphatic hydroxyl groups is 1. The molecule has 65 valence electrons. The molecule has 0 amide bonds. The van der Waals surface area contributed by atoms with Crippen molar-refractivity contribution in [1.29, 1.82) is 5.41 Å². The third kappa shape index (κ3) is 4.11. The molecule has 3 nitrogen and oxygen atoms in total. The molecule has 2 unspecified atom stereocenters. The van der Waals surface area contributed by atoms with E-state index in [0.717, 1.165) is 0 Å². The molecule has 0 fully saturated rings. The van der Waals surface area contributed by atoms with Crippen LogP contribution in [0, 0.1) is 12.3 Å². The number of rotatable bonds is 4. The van der Waals surface area contributed by atoms with Gasteiger partial charge in [-0.1, -0.05) is 0 Å². The number of nitrogens with zero attached hydrogens (tertiary/aromatic N) is 1. The molecule has 0 heterocycles. The van der Waals surface area contributed by atoms with Crippen LogP contribution < -0.4 is 0 Å². The smallest absolute Gasteiger partial charge is 0.0915 e. The highest BCUT2D eigenvalue weighted by Crippen LogP contribution is 2.01. The van der Waals surface area contributed by atoms with Crippen molar-refractivity contribution in [1.82, 2.24) is 4.90 Å². The zero-order valence-electron chi connectivity index (χ0n) is 7.46. The predicted molar refractivity (Wildman–Crippen MR) is 46.9 cm³/mol. The minimum absolute atomic E-state index is 0.291. The Morgan fingerprint density at radius 2 is 2.09 bits per heavy atom. The van der Waals surface area contributed by atoms with Gasteiger partial charge in [-0.2, -0.15) is 0 Å². The normalized spacial score (nSPS) is 16.5. The Balaban J connectivity index is 3.76. The van der Waals surface area contributed by atoms with Gasteiger partial charge in [0.1, 0.15) is 0 Å². The Morgan fingerprint density at radius 3 is 2.36 bits per heavy atom. The Bertz CT molecular complexity index is 132. The first-order valence-electron chi connectivity index (χ1n) is 3.70. The first-order valence-corrected chi connectivity index (χ1v) is 3.70. The van der Waals surface area contributed by atoms with E-state index in [9.17, 15) is 0 Å². The number of aliphatic hydroxyl groups excluding tert-OH is 1. The third-order valence-corrected chi connectivity index (χ3v) is 1.80. The SMILES string of the molecule is [CH2]C(O)C(=N)CC(C)N(C)C. The molecule has 0 aromatic carbocycles. The summed E-state index contributed by atoms with van der Waals surface area (Å²) in [6, 6.07) is 0.291. The van der Waals surface area contributed by atoms with E-state index in [1.807, 2.05) is 25.9 Å². The standard InChI is InChI=1S/C8H17N2O/c1-6(10(3)4)5-8(9)7(2)11/h6-7,9,11H,2,5H2,1,3-4H3. The van der Waals surface area contributed by atoms with Crippen molar-refractivity contribution >= 4 is 5.71 Å². The van der Waals surface area contributed by atoms with Crippen molar-refractivity contribution in [3.63, 3.8) is 0 Å². The molecule has 0 aromatic heterocycles. The van der Waals surface area contributed by atoms with Crippen molar-refractivity contribution in [2.24, 2.45) is 0 Å². The van der Waals surface area contributed by atoms with E-state index in [4.69, 9.17) is 10.5 Å². The maximum absolute atomic E-state index is 8.90. The maximum Gasteiger partial charge on any atom is 0.0915 e. The van der Waals surface area contributed by atoms with Crippen LogP contribution in [0.15, 0.2) is 0 Å². The number of nitrogens with one attached hydrogen (secondary N) is 1. The molecule has 0 aliphatic rings. The van der Waals surface area contributed by atoms with Gasteiger partial charge >= 0.3 is 0 Å². The van der Waals surface area contributed by atoms with Crippen LogP contribution in [0.4, 0.5) is 0 Å². The highest BCUT2D eigenvalue weighted by atomic mass is 16.3. The van der Waals surface area contributed by atoms with E-state index in [2.05, 4.69) is 6.92 Å². The largest absolute Gasteiger partial charge is 0.387 e. The highest BCUT2D eigenvalue weighted by Gasteiger charge is 2.11. The van der Waals surface area contributed by atoms with Gasteiger partial charge in [-0.05, 0) is 27.9 Å². The van der Waals surface area contributed by atoms with Gasteiger partial charge in [0.05, 0.1) is 6.10 Å². The van der Waals surface area contributed by atoms with Crippen molar-refractivity contribution in [2.45, 2.75) is 25.5 Å². The van der Waals surface area contributed by atoms with Crippen LogP contribution in [0.3, 0.4) is 0 Å². The number of hydrogen-bond acceptors (Lipinski definition) is 3. The van der Waals surface area contributed by atoms with Crippen LogP contribution in [0.25, 0.3) is 0 Å². The second kappa shape index (κ2) is 4.46.